The van der Waals surface area contributed by atoms with Gasteiger partial charge in [-0.25, -0.2) is 4.79 Å². The maximum atomic E-state index is 10.7. The molecule has 0 bridgehead atoms. The van der Waals surface area contributed by atoms with Gasteiger partial charge in [-0.2, -0.15) is 0 Å². The lowest BCUT2D eigenvalue weighted by Gasteiger charge is -2.31. The average Bonchev–Trinajstić information content (AvgIpc) is 3.15. The molecule has 1 atom stereocenters. The number of nitrogens with zero attached hydrogens (tertiary/aromatic N) is 1. The number of oxime groups is 1. The summed E-state index contributed by atoms with van der Waals surface area (Å²) < 4.78 is 5.25. The van der Waals surface area contributed by atoms with Gasteiger partial charge in [-0.1, -0.05) is 48.1 Å². The molecule has 1 unspecified atom stereocenters. The number of rotatable bonds is 4. The molecule has 0 radical (unpaired) electrons. The van der Waals surface area contributed by atoms with Gasteiger partial charge in [-0.05, 0) is 36.8 Å². The minimum atomic E-state index is -1.09. The van der Waals surface area contributed by atoms with Crippen LogP contribution in [0.2, 0.25) is 10.0 Å². The summed E-state index contributed by atoms with van der Waals surface area (Å²) in [7, 11) is 0. The van der Waals surface area contributed by atoms with E-state index in [0.29, 0.717) is 23.6 Å². The van der Waals surface area contributed by atoms with E-state index in [2.05, 4.69) is 12.1 Å². The second-order valence-corrected chi connectivity index (χ2v) is 7.50. The molecule has 0 amide bonds. The third kappa shape index (κ3) is 2.74. The van der Waals surface area contributed by atoms with Gasteiger partial charge in [0.2, 0.25) is 0 Å². The number of hydrogen-bond acceptors (Lipinski definition) is 4. The normalized spacial score (nSPS) is 25.2. The zero-order valence-electron chi connectivity index (χ0n) is 13.3. The fraction of sp³-hybridized carbons (Fsp3) is 0.529. The summed E-state index contributed by atoms with van der Waals surface area (Å²) in [6, 6.07) is 1.72. The van der Waals surface area contributed by atoms with E-state index in [1.807, 2.05) is 0 Å². The molecule has 1 saturated carbocycles. The third-order valence-corrected chi connectivity index (χ3v) is 6.15. The van der Waals surface area contributed by atoms with Gasteiger partial charge in [0.05, 0.1) is 10.7 Å². The summed E-state index contributed by atoms with van der Waals surface area (Å²) in [6.07, 6.45) is 5.22. The smallest absolute Gasteiger partial charge is 0.341 e. The summed E-state index contributed by atoms with van der Waals surface area (Å²) in [5.74, 6) is -0.416. The molecule has 0 aromatic heterocycles. The van der Waals surface area contributed by atoms with Crippen LogP contribution in [0, 0.1) is 11.3 Å². The molecular weight excluding hydrogens is 353 g/mol. The van der Waals surface area contributed by atoms with E-state index in [9.17, 15) is 10.0 Å². The van der Waals surface area contributed by atoms with Crippen LogP contribution in [0.15, 0.2) is 11.2 Å². The van der Waals surface area contributed by atoms with Crippen molar-refractivity contribution in [1.82, 2.24) is 0 Å². The standard InChI is InChI=1S/C17H19Cl2NO4/c1-17(10-4-2-3-5-10)7-9-6-11(24-8-12(21)22)14(18)15(19)13(9)16(17)20-23/h6,10,23H,2-5,7-8H2,1H3,(H,21,22). The number of benzene rings is 1. The van der Waals surface area contributed by atoms with Crippen LogP contribution in [0.1, 0.15) is 43.7 Å². The van der Waals surface area contributed by atoms with E-state index in [-0.39, 0.29) is 21.2 Å². The fourth-order valence-electron chi connectivity index (χ4n) is 4.12. The molecule has 0 heterocycles. The highest BCUT2D eigenvalue weighted by atomic mass is 35.5. The van der Waals surface area contributed by atoms with Crippen LogP contribution < -0.4 is 4.74 Å². The van der Waals surface area contributed by atoms with Crippen molar-refractivity contribution in [2.75, 3.05) is 6.61 Å². The van der Waals surface area contributed by atoms with Crippen molar-refractivity contribution in [3.63, 3.8) is 0 Å². The first-order chi connectivity index (χ1) is 11.4. The van der Waals surface area contributed by atoms with E-state index in [4.69, 9.17) is 33.0 Å². The molecule has 2 aliphatic carbocycles. The number of fused-ring (bicyclic) bond motifs is 1. The number of carbonyl (C=O) groups is 1. The third-order valence-electron chi connectivity index (χ3n) is 5.30. The zero-order chi connectivity index (χ0) is 17.5. The first kappa shape index (κ1) is 17.4. The number of hydrogen-bond donors (Lipinski definition) is 2. The van der Waals surface area contributed by atoms with Crippen molar-refractivity contribution in [1.29, 1.82) is 0 Å². The number of carboxylic acid groups (broad SMARTS) is 1. The Morgan fingerprint density at radius 3 is 2.62 bits per heavy atom. The van der Waals surface area contributed by atoms with E-state index >= 15 is 0 Å². The largest absolute Gasteiger partial charge is 0.480 e. The van der Waals surface area contributed by atoms with Gasteiger partial charge in [0, 0.05) is 11.0 Å². The van der Waals surface area contributed by atoms with Crippen molar-refractivity contribution >= 4 is 34.9 Å². The Kier molecular flexibility index (Phi) is 4.67. The second-order valence-electron chi connectivity index (χ2n) is 6.74. The van der Waals surface area contributed by atoms with Gasteiger partial charge in [0.15, 0.2) is 6.61 Å². The highest BCUT2D eigenvalue weighted by molar-refractivity contribution is 6.45. The van der Waals surface area contributed by atoms with Gasteiger partial charge in [-0.3, -0.25) is 0 Å². The van der Waals surface area contributed by atoms with Gasteiger partial charge >= 0.3 is 5.97 Å². The first-order valence-electron chi connectivity index (χ1n) is 7.97. The van der Waals surface area contributed by atoms with Crippen molar-refractivity contribution < 1.29 is 19.8 Å². The fourth-order valence-corrected chi connectivity index (χ4v) is 4.63. The van der Waals surface area contributed by atoms with Gasteiger partial charge in [0.25, 0.3) is 0 Å². The zero-order valence-corrected chi connectivity index (χ0v) is 14.8. The van der Waals surface area contributed by atoms with Crippen LogP contribution in [0.25, 0.3) is 0 Å². The molecule has 1 fully saturated rings. The van der Waals surface area contributed by atoms with Gasteiger partial charge in [-0.15, -0.1) is 0 Å². The summed E-state index contributed by atoms with van der Waals surface area (Å²) >= 11 is 12.7. The molecule has 0 aliphatic heterocycles. The maximum absolute atomic E-state index is 10.7. The Bertz CT molecular complexity index is 713. The molecule has 2 aliphatic rings. The Morgan fingerprint density at radius 1 is 1.38 bits per heavy atom. The minimum Gasteiger partial charge on any atom is -0.480 e. The summed E-state index contributed by atoms with van der Waals surface area (Å²) in [5, 5.41) is 22.4. The molecule has 0 spiro atoms. The lowest BCUT2D eigenvalue weighted by Crippen LogP contribution is -2.32. The van der Waals surface area contributed by atoms with E-state index in [1.165, 1.54) is 12.8 Å². The summed E-state index contributed by atoms with van der Waals surface area (Å²) in [4.78, 5) is 10.7. The maximum Gasteiger partial charge on any atom is 0.341 e. The van der Waals surface area contributed by atoms with Crippen LogP contribution in [-0.4, -0.2) is 28.6 Å². The Labute approximate surface area is 150 Å². The van der Waals surface area contributed by atoms with Crippen molar-refractivity contribution in [2.24, 2.45) is 16.5 Å². The van der Waals surface area contributed by atoms with Crippen LogP contribution in [-0.2, 0) is 11.2 Å². The monoisotopic (exact) mass is 371 g/mol. The van der Waals surface area contributed by atoms with E-state index < -0.39 is 12.6 Å². The van der Waals surface area contributed by atoms with Crippen molar-refractivity contribution in [3.05, 3.63) is 27.2 Å². The van der Waals surface area contributed by atoms with Crippen molar-refractivity contribution in [2.45, 2.75) is 39.0 Å². The molecule has 0 saturated heterocycles. The van der Waals surface area contributed by atoms with Crippen LogP contribution in [0.3, 0.4) is 0 Å². The molecule has 7 heteroatoms. The molecule has 130 valence electrons. The molecule has 2 N–H and O–H groups in total. The Balaban J connectivity index is 2.03. The van der Waals surface area contributed by atoms with E-state index in [0.717, 1.165) is 18.4 Å². The van der Waals surface area contributed by atoms with Crippen LogP contribution in [0.5, 0.6) is 5.75 Å². The average molecular weight is 372 g/mol. The molecule has 3 rings (SSSR count). The lowest BCUT2D eigenvalue weighted by molar-refractivity contribution is -0.139. The van der Waals surface area contributed by atoms with E-state index in [1.54, 1.807) is 6.07 Å². The quantitative estimate of drug-likeness (QED) is 0.607. The number of carboxylic acids is 1. The second kappa shape index (κ2) is 6.45. The van der Waals surface area contributed by atoms with Gasteiger partial charge in [0.1, 0.15) is 10.8 Å². The predicted molar refractivity (Wildman–Crippen MR) is 91.7 cm³/mol. The van der Waals surface area contributed by atoms with Crippen LogP contribution in [0.4, 0.5) is 0 Å². The Morgan fingerprint density at radius 2 is 2.04 bits per heavy atom. The first-order valence-corrected chi connectivity index (χ1v) is 8.72. The molecule has 1 aromatic carbocycles. The molecule has 24 heavy (non-hydrogen) atoms. The Hall–Kier alpha value is -1.46. The molecular formula is C17H19Cl2NO4. The van der Waals surface area contributed by atoms with Gasteiger partial charge < -0.3 is 15.1 Å². The SMILES string of the molecule is CC1(C2CCCC2)Cc2cc(OCC(=O)O)c(Cl)c(Cl)c2C1=NO. The molecule has 1 aromatic rings. The molecule has 5 nitrogen and oxygen atoms in total. The highest BCUT2D eigenvalue weighted by Gasteiger charge is 2.48. The summed E-state index contributed by atoms with van der Waals surface area (Å²) in [6.45, 7) is 1.61. The summed E-state index contributed by atoms with van der Waals surface area (Å²) in [5.41, 5.74) is 1.81. The number of aliphatic carboxylic acids is 1. The predicted octanol–water partition coefficient (Wildman–Crippen LogP) is 4.39. The van der Waals surface area contributed by atoms with Crippen LogP contribution >= 0.6 is 23.2 Å². The topological polar surface area (TPSA) is 79.1 Å². The number of ether oxygens (including phenoxy) is 1. The highest BCUT2D eigenvalue weighted by Crippen LogP contribution is 2.52. The lowest BCUT2D eigenvalue weighted by atomic mass is 9.72. The van der Waals surface area contributed by atoms with Crippen molar-refractivity contribution in [3.8, 4) is 5.75 Å². The minimum absolute atomic E-state index is 0.147. The number of halogens is 2.